The van der Waals surface area contributed by atoms with E-state index in [1.807, 2.05) is 19.1 Å². The molecule has 0 heterocycles. The molecule has 1 heteroatoms. The lowest BCUT2D eigenvalue weighted by Gasteiger charge is -2.13. The van der Waals surface area contributed by atoms with E-state index in [1.165, 1.54) is 11.1 Å². The molecule has 1 aromatic rings. The third-order valence-corrected chi connectivity index (χ3v) is 4.70. The number of rotatable bonds is 3. The predicted octanol–water partition coefficient (Wildman–Crippen LogP) is 5.58. The highest BCUT2D eigenvalue weighted by atomic mass is 16.1. The van der Waals surface area contributed by atoms with Crippen LogP contribution in [0.1, 0.15) is 44.7 Å². The number of ketones is 1. The lowest BCUT2D eigenvalue weighted by atomic mass is 9.91. The van der Waals surface area contributed by atoms with Crippen LogP contribution in [0, 0.1) is 19.3 Å². The van der Waals surface area contributed by atoms with Crippen LogP contribution in [0.15, 0.2) is 64.8 Å². The summed E-state index contributed by atoms with van der Waals surface area (Å²) in [5.74, 6) is 2.64. The van der Waals surface area contributed by atoms with Gasteiger partial charge in [0.25, 0.3) is 0 Å². The van der Waals surface area contributed by atoms with Gasteiger partial charge in [0.1, 0.15) is 0 Å². The minimum absolute atomic E-state index is 0.0631. The van der Waals surface area contributed by atoms with E-state index in [2.05, 4.69) is 51.5 Å². The van der Waals surface area contributed by atoms with Crippen LogP contribution in [0.5, 0.6) is 0 Å². The molecular formula is C23H24O. The standard InChI is InChI=1S/C23H24O/c1-7-20-19(6)22(16(3)12-13-23(20)24)14-17(4)18(5)21-11-9-8-10-15(21)2/h1,8-11,14H,5,12-13H2,2-4,6H3/b17-14-. The molecule has 0 bridgehead atoms. The van der Waals surface area contributed by atoms with Gasteiger partial charge in [-0.25, -0.2) is 0 Å². The number of allylic oxidation sites excluding steroid dienone is 7. The van der Waals surface area contributed by atoms with Crippen molar-refractivity contribution in [2.24, 2.45) is 0 Å². The molecule has 0 saturated carbocycles. The number of hydrogen-bond acceptors (Lipinski definition) is 1. The van der Waals surface area contributed by atoms with Crippen molar-refractivity contribution in [1.82, 2.24) is 0 Å². The van der Waals surface area contributed by atoms with Crippen molar-refractivity contribution in [3.05, 3.63) is 75.9 Å². The number of benzene rings is 1. The van der Waals surface area contributed by atoms with Crippen LogP contribution in [-0.4, -0.2) is 5.78 Å². The van der Waals surface area contributed by atoms with E-state index < -0.39 is 0 Å². The Morgan fingerprint density at radius 3 is 2.50 bits per heavy atom. The number of hydrogen-bond donors (Lipinski definition) is 0. The number of carbonyl (C=O) groups excluding carboxylic acids is 1. The molecule has 0 spiro atoms. The fourth-order valence-corrected chi connectivity index (χ4v) is 3.07. The monoisotopic (exact) mass is 316 g/mol. The van der Waals surface area contributed by atoms with E-state index in [0.717, 1.165) is 34.3 Å². The Bertz CT molecular complexity index is 835. The van der Waals surface area contributed by atoms with Crippen LogP contribution in [0.25, 0.3) is 5.57 Å². The highest BCUT2D eigenvalue weighted by molar-refractivity contribution is 6.01. The molecule has 0 unspecified atom stereocenters. The predicted molar refractivity (Wildman–Crippen MR) is 102 cm³/mol. The Kier molecular flexibility index (Phi) is 5.42. The van der Waals surface area contributed by atoms with Crippen LogP contribution >= 0.6 is 0 Å². The minimum Gasteiger partial charge on any atom is -0.293 e. The van der Waals surface area contributed by atoms with Crippen molar-refractivity contribution in [2.75, 3.05) is 0 Å². The van der Waals surface area contributed by atoms with Gasteiger partial charge in [-0.3, -0.25) is 4.79 Å². The molecular weight excluding hydrogens is 292 g/mol. The van der Waals surface area contributed by atoms with Gasteiger partial charge in [-0.15, -0.1) is 6.42 Å². The van der Waals surface area contributed by atoms with Gasteiger partial charge in [-0.05, 0) is 67.5 Å². The first-order chi connectivity index (χ1) is 11.4. The fourth-order valence-electron chi connectivity index (χ4n) is 3.07. The van der Waals surface area contributed by atoms with Crippen molar-refractivity contribution < 1.29 is 4.79 Å². The second-order valence-electron chi connectivity index (χ2n) is 6.38. The molecule has 0 radical (unpaired) electrons. The Labute approximate surface area is 145 Å². The molecule has 1 aliphatic carbocycles. The molecule has 2 rings (SSSR count). The molecule has 0 saturated heterocycles. The Morgan fingerprint density at radius 1 is 1.21 bits per heavy atom. The van der Waals surface area contributed by atoms with Gasteiger partial charge in [0.15, 0.2) is 5.78 Å². The second-order valence-corrected chi connectivity index (χ2v) is 6.38. The number of Topliss-reactive ketones (excluding diaryl/α,β-unsaturated/α-hetero) is 1. The zero-order valence-corrected chi connectivity index (χ0v) is 15.0. The molecule has 0 aliphatic heterocycles. The van der Waals surface area contributed by atoms with Crippen LogP contribution in [0.4, 0.5) is 0 Å². The molecule has 1 aromatic carbocycles. The number of terminal acetylenes is 1. The summed E-state index contributed by atoms with van der Waals surface area (Å²) in [5.41, 5.74) is 8.11. The Balaban J connectivity index is 2.50. The first-order valence-corrected chi connectivity index (χ1v) is 8.21. The van der Waals surface area contributed by atoms with E-state index in [0.29, 0.717) is 12.0 Å². The molecule has 24 heavy (non-hydrogen) atoms. The summed E-state index contributed by atoms with van der Waals surface area (Å²) in [7, 11) is 0. The molecule has 0 fully saturated rings. The van der Waals surface area contributed by atoms with Gasteiger partial charge < -0.3 is 0 Å². The molecule has 0 amide bonds. The maximum Gasteiger partial charge on any atom is 0.171 e. The molecule has 0 aromatic heterocycles. The second kappa shape index (κ2) is 7.32. The average molecular weight is 316 g/mol. The highest BCUT2D eigenvalue weighted by Crippen LogP contribution is 2.31. The molecule has 1 aliphatic rings. The fraction of sp³-hybridized carbons (Fsp3) is 0.261. The van der Waals surface area contributed by atoms with Crippen LogP contribution in [0.3, 0.4) is 0 Å². The van der Waals surface area contributed by atoms with E-state index in [4.69, 9.17) is 6.42 Å². The first-order valence-electron chi connectivity index (χ1n) is 8.21. The van der Waals surface area contributed by atoms with Crippen molar-refractivity contribution in [3.63, 3.8) is 0 Å². The normalized spacial score (nSPS) is 16.1. The lowest BCUT2D eigenvalue weighted by molar-refractivity contribution is -0.115. The smallest absolute Gasteiger partial charge is 0.171 e. The highest BCUT2D eigenvalue weighted by Gasteiger charge is 2.19. The van der Waals surface area contributed by atoms with Crippen LogP contribution in [-0.2, 0) is 4.79 Å². The minimum atomic E-state index is 0.0631. The summed E-state index contributed by atoms with van der Waals surface area (Å²) >= 11 is 0. The largest absolute Gasteiger partial charge is 0.293 e. The van der Waals surface area contributed by atoms with E-state index in [-0.39, 0.29) is 5.78 Å². The quantitative estimate of drug-likeness (QED) is 0.525. The Hall–Kier alpha value is -2.59. The summed E-state index contributed by atoms with van der Waals surface area (Å²) < 4.78 is 0. The van der Waals surface area contributed by atoms with Gasteiger partial charge >= 0.3 is 0 Å². The van der Waals surface area contributed by atoms with E-state index in [1.54, 1.807) is 0 Å². The van der Waals surface area contributed by atoms with Crippen LogP contribution in [0.2, 0.25) is 0 Å². The maximum atomic E-state index is 12.2. The maximum absolute atomic E-state index is 12.2. The van der Waals surface area contributed by atoms with Crippen LogP contribution < -0.4 is 0 Å². The average Bonchev–Trinajstić information content (AvgIpc) is 2.66. The zero-order chi connectivity index (χ0) is 17.9. The topological polar surface area (TPSA) is 17.1 Å². The number of aryl methyl sites for hydroxylation is 1. The van der Waals surface area contributed by atoms with Gasteiger partial charge in [-0.1, -0.05) is 48.4 Å². The van der Waals surface area contributed by atoms with Gasteiger partial charge in [0.05, 0.1) is 5.57 Å². The van der Waals surface area contributed by atoms with Gasteiger partial charge in [0.2, 0.25) is 0 Å². The van der Waals surface area contributed by atoms with E-state index in [9.17, 15) is 4.79 Å². The summed E-state index contributed by atoms with van der Waals surface area (Å²) in [4.78, 5) is 12.2. The molecule has 122 valence electrons. The summed E-state index contributed by atoms with van der Waals surface area (Å²) in [6.45, 7) is 12.4. The summed E-state index contributed by atoms with van der Waals surface area (Å²) in [6.07, 6.45) is 8.92. The van der Waals surface area contributed by atoms with Gasteiger partial charge in [-0.2, -0.15) is 0 Å². The molecule has 0 atom stereocenters. The van der Waals surface area contributed by atoms with Crippen molar-refractivity contribution in [3.8, 4) is 12.3 Å². The molecule has 1 nitrogen and oxygen atoms in total. The molecule has 0 N–H and O–H groups in total. The zero-order valence-electron chi connectivity index (χ0n) is 15.0. The number of carbonyl (C=O) groups is 1. The van der Waals surface area contributed by atoms with E-state index >= 15 is 0 Å². The Morgan fingerprint density at radius 2 is 1.88 bits per heavy atom. The third kappa shape index (κ3) is 3.49. The van der Waals surface area contributed by atoms with Crippen molar-refractivity contribution >= 4 is 11.4 Å². The lowest BCUT2D eigenvalue weighted by Crippen LogP contribution is -2.01. The van der Waals surface area contributed by atoms with Crippen molar-refractivity contribution in [1.29, 1.82) is 0 Å². The first kappa shape index (κ1) is 17.8. The summed E-state index contributed by atoms with van der Waals surface area (Å²) in [6, 6.07) is 8.23. The van der Waals surface area contributed by atoms with Crippen molar-refractivity contribution in [2.45, 2.75) is 40.5 Å². The third-order valence-electron chi connectivity index (χ3n) is 4.70. The summed E-state index contributed by atoms with van der Waals surface area (Å²) in [5, 5.41) is 0. The van der Waals surface area contributed by atoms with Gasteiger partial charge in [0, 0.05) is 6.42 Å². The SMILES string of the molecule is C#CC1=C(C)C(/C=C(/C)C(=C)c2ccccc2C)=C(C)CCC1=O.